The molecule has 0 aliphatic heterocycles. The summed E-state index contributed by atoms with van der Waals surface area (Å²) in [4.78, 5) is 15.9. The summed E-state index contributed by atoms with van der Waals surface area (Å²) < 4.78 is 5.40. The van der Waals surface area contributed by atoms with Crippen molar-refractivity contribution in [1.82, 2.24) is 4.98 Å². The molecule has 4 rings (SSSR count). The van der Waals surface area contributed by atoms with E-state index >= 15 is 0 Å². The molecule has 0 atom stereocenters. The third kappa shape index (κ3) is 2.20. The van der Waals surface area contributed by atoms with Crippen LogP contribution in [0, 0.1) is 11.3 Å². The summed E-state index contributed by atoms with van der Waals surface area (Å²) in [6.45, 7) is 0. The van der Waals surface area contributed by atoms with E-state index in [9.17, 15) is 20.3 Å². The highest BCUT2D eigenvalue weighted by Crippen LogP contribution is 2.43. The average molecular weight is 347 g/mol. The van der Waals surface area contributed by atoms with Gasteiger partial charge in [-0.15, -0.1) is 0 Å². The number of nitrogens with two attached hydrogens (primary N) is 1. The summed E-state index contributed by atoms with van der Waals surface area (Å²) in [6.07, 6.45) is 2.24. The number of aromatic nitrogens is 1. The number of aromatic hydroxyl groups is 1. The zero-order valence-electron chi connectivity index (χ0n) is 13.5. The number of aromatic carboxylic acids is 1. The number of phenols is 1. The molecule has 0 radical (unpaired) electrons. The van der Waals surface area contributed by atoms with Crippen LogP contribution in [0.1, 0.15) is 27.2 Å². The number of benzene rings is 1. The Morgan fingerprint density at radius 1 is 1.23 bits per heavy atom. The number of nitriles is 1. The SMILES string of the molecule is N#Cc1c(N)nc2c(c1-c1ccc(O)cc1)CCc1occ(C(=O)O)c1-2. The van der Waals surface area contributed by atoms with E-state index in [2.05, 4.69) is 11.1 Å². The first-order valence-electron chi connectivity index (χ1n) is 7.87. The molecule has 0 saturated heterocycles. The van der Waals surface area contributed by atoms with Crippen molar-refractivity contribution in [2.24, 2.45) is 0 Å². The van der Waals surface area contributed by atoms with Gasteiger partial charge in [-0.3, -0.25) is 0 Å². The van der Waals surface area contributed by atoms with Crippen molar-refractivity contribution in [2.75, 3.05) is 5.73 Å². The molecule has 7 heteroatoms. The van der Waals surface area contributed by atoms with E-state index in [1.165, 1.54) is 18.4 Å². The number of carboxylic acids is 1. The Hall–Kier alpha value is -3.79. The van der Waals surface area contributed by atoms with Crippen LogP contribution in [0.3, 0.4) is 0 Å². The van der Waals surface area contributed by atoms with Gasteiger partial charge in [-0.2, -0.15) is 5.26 Å². The quantitative estimate of drug-likeness (QED) is 0.649. The molecule has 0 fully saturated rings. The molecule has 0 unspecified atom stereocenters. The fourth-order valence-corrected chi connectivity index (χ4v) is 3.39. The molecule has 4 N–H and O–H groups in total. The molecule has 128 valence electrons. The third-order valence-electron chi connectivity index (χ3n) is 4.53. The van der Waals surface area contributed by atoms with Crippen molar-refractivity contribution >= 4 is 11.8 Å². The van der Waals surface area contributed by atoms with Crippen molar-refractivity contribution < 1.29 is 19.4 Å². The number of hydrogen-bond donors (Lipinski definition) is 3. The standard InChI is InChI=1S/C19H13N3O4/c20-7-12-15(9-1-3-10(23)4-2-9)11-5-6-14-16(17(11)22-18(12)21)13(8-26-14)19(24)25/h1-4,8,23H,5-6H2,(H2,21,22)(H,24,25). The number of nitrogen functional groups attached to an aromatic ring is 1. The molecule has 2 aromatic heterocycles. The Morgan fingerprint density at radius 2 is 1.96 bits per heavy atom. The normalized spacial score (nSPS) is 12.1. The summed E-state index contributed by atoms with van der Waals surface area (Å²) >= 11 is 0. The molecule has 0 saturated carbocycles. The van der Waals surface area contributed by atoms with Gasteiger partial charge < -0.3 is 20.4 Å². The lowest BCUT2D eigenvalue weighted by Gasteiger charge is -2.21. The number of anilines is 1. The minimum atomic E-state index is -1.11. The van der Waals surface area contributed by atoms with Crippen LogP contribution >= 0.6 is 0 Å². The molecular formula is C19H13N3O4. The maximum Gasteiger partial charge on any atom is 0.339 e. The number of aryl methyl sites for hydroxylation is 1. The smallest absolute Gasteiger partial charge is 0.339 e. The summed E-state index contributed by atoms with van der Waals surface area (Å²) in [5.74, 6) is -0.435. The zero-order valence-corrected chi connectivity index (χ0v) is 13.5. The number of pyridine rings is 1. The van der Waals surface area contributed by atoms with Crippen molar-refractivity contribution in [2.45, 2.75) is 12.8 Å². The molecule has 1 aromatic carbocycles. The fourth-order valence-electron chi connectivity index (χ4n) is 3.39. The van der Waals surface area contributed by atoms with E-state index in [-0.39, 0.29) is 22.7 Å². The monoisotopic (exact) mass is 347 g/mol. The molecule has 0 amide bonds. The van der Waals surface area contributed by atoms with Gasteiger partial charge >= 0.3 is 5.97 Å². The molecule has 0 bridgehead atoms. The molecule has 26 heavy (non-hydrogen) atoms. The minimum Gasteiger partial charge on any atom is -0.508 e. The average Bonchev–Trinajstić information content (AvgIpc) is 3.06. The Bertz CT molecular complexity index is 1090. The van der Waals surface area contributed by atoms with Crippen LogP contribution in [-0.2, 0) is 12.8 Å². The molecule has 0 spiro atoms. The highest BCUT2D eigenvalue weighted by Gasteiger charge is 2.31. The fraction of sp³-hybridized carbons (Fsp3) is 0.105. The number of hydrogen-bond acceptors (Lipinski definition) is 6. The van der Waals surface area contributed by atoms with Crippen LogP contribution in [0.25, 0.3) is 22.4 Å². The van der Waals surface area contributed by atoms with Crippen LogP contribution in [0.4, 0.5) is 5.82 Å². The maximum atomic E-state index is 11.5. The number of fused-ring (bicyclic) bond motifs is 3. The van der Waals surface area contributed by atoms with Crippen LogP contribution in [0.15, 0.2) is 34.9 Å². The van der Waals surface area contributed by atoms with E-state index in [0.29, 0.717) is 41.0 Å². The van der Waals surface area contributed by atoms with Crippen LogP contribution in [0.5, 0.6) is 5.75 Å². The van der Waals surface area contributed by atoms with Gasteiger partial charge in [0.15, 0.2) is 0 Å². The highest BCUT2D eigenvalue weighted by atomic mass is 16.4. The van der Waals surface area contributed by atoms with E-state index in [1.54, 1.807) is 12.1 Å². The first-order chi connectivity index (χ1) is 12.5. The van der Waals surface area contributed by atoms with Gasteiger partial charge in [0.2, 0.25) is 0 Å². The van der Waals surface area contributed by atoms with E-state index in [1.807, 2.05) is 0 Å². The molecule has 3 aromatic rings. The number of carbonyl (C=O) groups is 1. The minimum absolute atomic E-state index is 0.0224. The van der Waals surface area contributed by atoms with Crippen LogP contribution in [0.2, 0.25) is 0 Å². The second kappa shape index (κ2) is 5.63. The maximum absolute atomic E-state index is 11.5. The lowest BCUT2D eigenvalue weighted by atomic mass is 9.85. The van der Waals surface area contributed by atoms with Crippen molar-refractivity contribution in [1.29, 1.82) is 5.26 Å². The largest absolute Gasteiger partial charge is 0.508 e. The molecule has 7 nitrogen and oxygen atoms in total. The van der Waals surface area contributed by atoms with Crippen molar-refractivity contribution in [3.05, 3.63) is 53.0 Å². The summed E-state index contributed by atoms with van der Waals surface area (Å²) in [5, 5.41) is 28.6. The number of rotatable bonds is 2. The van der Waals surface area contributed by atoms with E-state index in [0.717, 1.165) is 5.56 Å². The second-order valence-electron chi connectivity index (χ2n) is 5.99. The summed E-state index contributed by atoms with van der Waals surface area (Å²) in [7, 11) is 0. The predicted molar refractivity (Wildman–Crippen MR) is 92.5 cm³/mol. The summed E-state index contributed by atoms with van der Waals surface area (Å²) in [5.41, 5.74) is 9.17. The van der Waals surface area contributed by atoms with E-state index < -0.39 is 5.97 Å². The number of carboxylic acid groups (broad SMARTS) is 1. The van der Waals surface area contributed by atoms with Gasteiger partial charge in [-0.1, -0.05) is 12.1 Å². The Labute approximate surface area is 147 Å². The number of phenolic OH excluding ortho intramolecular Hbond substituents is 1. The second-order valence-corrected chi connectivity index (χ2v) is 5.99. The van der Waals surface area contributed by atoms with Gasteiger partial charge in [0.05, 0.1) is 11.3 Å². The van der Waals surface area contributed by atoms with Crippen LogP contribution in [-0.4, -0.2) is 21.2 Å². The predicted octanol–water partition coefficient (Wildman–Crippen LogP) is 2.96. The Balaban J connectivity index is 2.07. The lowest BCUT2D eigenvalue weighted by Crippen LogP contribution is -2.12. The van der Waals surface area contributed by atoms with Crippen LogP contribution < -0.4 is 5.73 Å². The topological polar surface area (TPSA) is 133 Å². The van der Waals surface area contributed by atoms with Gasteiger partial charge in [-0.05, 0) is 29.7 Å². The Kier molecular flexibility index (Phi) is 3.41. The molecule has 1 aliphatic carbocycles. The lowest BCUT2D eigenvalue weighted by molar-refractivity contribution is 0.0697. The summed E-state index contributed by atoms with van der Waals surface area (Å²) in [6, 6.07) is 8.51. The first kappa shape index (κ1) is 15.7. The third-order valence-corrected chi connectivity index (χ3v) is 4.53. The zero-order chi connectivity index (χ0) is 18.4. The van der Waals surface area contributed by atoms with Crippen molar-refractivity contribution in [3.63, 3.8) is 0 Å². The van der Waals surface area contributed by atoms with Gasteiger partial charge in [0.25, 0.3) is 0 Å². The molecule has 2 heterocycles. The van der Waals surface area contributed by atoms with E-state index in [4.69, 9.17) is 10.2 Å². The van der Waals surface area contributed by atoms with Gasteiger partial charge in [-0.25, -0.2) is 9.78 Å². The Morgan fingerprint density at radius 3 is 2.62 bits per heavy atom. The molecule has 1 aliphatic rings. The first-order valence-corrected chi connectivity index (χ1v) is 7.87. The van der Waals surface area contributed by atoms with Gasteiger partial charge in [0.1, 0.15) is 40.8 Å². The number of nitrogens with zero attached hydrogens (tertiary/aromatic N) is 2. The number of furan rings is 1. The van der Waals surface area contributed by atoms with Gasteiger partial charge in [0, 0.05) is 12.0 Å². The van der Waals surface area contributed by atoms with Crippen molar-refractivity contribution in [3.8, 4) is 34.2 Å². The molecular weight excluding hydrogens is 334 g/mol. The highest BCUT2D eigenvalue weighted by molar-refractivity contribution is 5.98.